The highest BCUT2D eigenvalue weighted by Crippen LogP contribution is 2.28. The molecule has 1 amide bonds. The number of carbonyl (C=O) groups is 1. The van der Waals surface area contributed by atoms with Crippen LogP contribution in [0.3, 0.4) is 0 Å². The first-order valence-corrected chi connectivity index (χ1v) is 7.17. The minimum Gasteiger partial charge on any atom is -0.379 e. The van der Waals surface area contributed by atoms with Crippen LogP contribution in [0.4, 0.5) is 9.52 Å². The van der Waals surface area contributed by atoms with Gasteiger partial charge in [-0.2, -0.15) is 0 Å². The summed E-state index contributed by atoms with van der Waals surface area (Å²) in [7, 11) is 0. The first-order valence-electron chi connectivity index (χ1n) is 6.29. The zero-order chi connectivity index (χ0) is 14.9. The van der Waals surface area contributed by atoms with Crippen LogP contribution in [0.5, 0.6) is 0 Å². The molecule has 0 aliphatic carbocycles. The fourth-order valence-corrected chi connectivity index (χ4v) is 2.52. The van der Waals surface area contributed by atoms with Crippen LogP contribution in [0.2, 0.25) is 0 Å². The summed E-state index contributed by atoms with van der Waals surface area (Å²) < 4.78 is 13.2. The summed E-state index contributed by atoms with van der Waals surface area (Å²) in [5.41, 5.74) is 0.0416. The molecular formula is C14H12FN3O2S. The number of hydrogen-bond donors (Lipinski definition) is 1. The number of benzene rings is 1. The van der Waals surface area contributed by atoms with E-state index in [1.165, 1.54) is 23.5 Å². The molecule has 1 aromatic carbocycles. The van der Waals surface area contributed by atoms with Crippen LogP contribution < -0.4 is 5.32 Å². The molecule has 2 aromatic rings. The number of halogens is 1. The summed E-state index contributed by atoms with van der Waals surface area (Å²) in [4.78, 5) is 21.5. The highest BCUT2D eigenvalue weighted by Gasteiger charge is 2.42. The van der Waals surface area contributed by atoms with Gasteiger partial charge in [-0.3, -0.25) is 10.1 Å². The third-order valence-electron chi connectivity index (χ3n) is 3.15. The van der Waals surface area contributed by atoms with Gasteiger partial charge in [0.05, 0.1) is 5.71 Å². The first kappa shape index (κ1) is 13.7. The monoisotopic (exact) mass is 305 g/mol. The van der Waals surface area contributed by atoms with Crippen molar-refractivity contribution in [2.75, 3.05) is 5.32 Å². The van der Waals surface area contributed by atoms with E-state index in [1.807, 2.05) is 0 Å². The van der Waals surface area contributed by atoms with Crippen LogP contribution in [0.1, 0.15) is 18.9 Å². The summed E-state index contributed by atoms with van der Waals surface area (Å²) in [6, 6.07) is 6.05. The van der Waals surface area contributed by atoms with E-state index in [1.54, 1.807) is 30.6 Å². The molecule has 2 heterocycles. The lowest BCUT2D eigenvalue weighted by Crippen LogP contribution is -2.40. The van der Waals surface area contributed by atoms with Crippen LogP contribution in [0.25, 0.3) is 0 Å². The topological polar surface area (TPSA) is 63.6 Å². The van der Waals surface area contributed by atoms with Gasteiger partial charge in [0, 0.05) is 23.6 Å². The van der Waals surface area contributed by atoms with Crippen molar-refractivity contribution in [1.29, 1.82) is 0 Å². The first-order chi connectivity index (χ1) is 10.1. The summed E-state index contributed by atoms with van der Waals surface area (Å²) in [6.07, 6.45) is 1.88. The fraction of sp³-hybridized carbons (Fsp3) is 0.214. The Morgan fingerprint density at radius 3 is 3.10 bits per heavy atom. The van der Waals surface area contributed by atoms with E-state index < -0.39 is 5.60 Å². The van der Waals surface area contributed by atoms with Crippen molar-refractivity contribution in [3.8, 4) is 0 Å². The van der Waals surface area contributed by atoms with E-state index in [4.69, 9.17) is 4.84 Å². The van der Waals surface area contributed by atoms with Gasteiger partial charge in [0.1, 0.15) is 5.82 Å². The van der Waals surface area contributed by atoms with Gasteiger partial charge in [-0.05, 0) is 19.1 Å². The number of nitrogens with zero attached hydrogens (tertiary/aromatic N) is 2. The zero-order valence-electron chi connectivity index (χ0n) is 11.2. The van der Waals surface area contributed by atoms with Gasteiger partial charge < -0.3 is 4.84 Å². The number of thiazole rings is 1. The molecule has 5 nitrogen and oxygen atoms in total. The minimum atomic E-state index is -1.12. The average molecular weight is 305 g/mol. The Kier molecular flexibility index (Phi) is 3.42. The molecule has 0 saturated heterocycles. The lowest BCUT2D eigenvalue weighted by atomic mass is 9.95. The van der Waals surface area contributed by atoms with Gasteiger partial charge in [-0.25, -0.2) is 9.37 Å². The summed E-state index contributed by atoms with van der Waals surface area (Å²) in [5.74, 6) is -0.677. The molecule has 0 saturated carbocycles. The summed E-state index contributed by atoms with van der Waals surface area (Å²) in [6.45, 7) is 1.64. The van der Waals surface area contributed by atoms with E-state index in [2.05, 4.69) is 15.5 Å². The Bertz CT molecular complexity index is 702. The lowest BCUT2D eigenvalue weighted by Gasteiger charge is -2.19. The fourth-order valence-electron chi connectivity index (χ4n) is 2.00. The number of amides is 1. The molecule has 0 unspecified atom stereocenters. The smallest absolute Gasteiger partial charge is 0.273 e. The number of oxime groups is 1. The van der Waals surface area contributed by atoms with Crippen molar-refractivity contribution in [3.05, 3.63) is 47.2 Å². The molecule has 1 aliphatic rings. The highest BCUT2D eigenvalue weighted by molar-refractivity contribution is 7.13. The molecule has 1 atom stereocenters. The molecule has 21 heavy (non-hydrogen) atoms. The van der Waals surface area contributed by atoms with Crippen molar-refractivity contribution in [3.63, 3.8) is 0 Å². The van der Waals surface area contributed by atoms with Gasteiger partial charge in [-0.15, -0.1) is 11.3 Å². The Hall–Kier alpha value is -2.28. The van der Waals surface area contributed by atoms with Crippen LogP contribution >= 0.6 is 11.3 Å². The number of carbonyl (C=O) groups excluding carboxylic acids is 1. The van der Waals surface area contributed by atoms with Crippen molar-refractivity contribution in [1.82, 2.24) is 4.98 Å². The molecule has 1 aromatic heterocycles. The lowest BCUT2D eigenvalue weighted by molar-refractivity contribution is -0.135. The van der Waals surface area contributed by atoms with Crippen LogP contribution in [0, 0.1) is 5.82 Å². The predicted molar refractivity (Wildman–Crippen MR) is 77.8 cm³/mol. The second-order valence-corrected chi connectivity index (χ2v) is 5.73. The molecule has 0 radical (unpaired) electrons. The number of aromatic nitrogens is 1. The molecule has 108 valence electrons. The van der Waals surface area contributed by atoms with Gasteiger partial charge in [-0.1, -0.05) is 17.3 Å². The summed E-state index contributed by atoms with van der Waals surface area (Å²) >= 11 is 1.32. The number of nitrogens with one attached hydrogen (secondary N) is 1. The second kappa shape index (κ2) is 5.25. The maximum Gasteiger partial charge on any atom is 0.273 e. The predicted octanol–water partition coefficient (Wildman–Crippen LogP) is 2.80. The van der Waals surface area contributed by atoms with Crippen molar-refractivity contribution in [2.45, 2.75) is 18.9 Å². The van der Waals surface area contributed by atoms with E-state index in [0.29, 0.717) is 16.4 Å². The number of hydrogen-bond acceptors (Lipinski definition) is 5. The zero-order valence-corrected chi connectivity index (χ0v) is 12.0. The van der Waals surface area contributed by atoms with Gasteiger partial charge in [0.15, 0.2) is 5.13 Å². The molecule has 3 rings (SSSR count). The Labute approximate surface area is 124 Å². The molecule has 0 fully saturated rings. The molecular weight excluding hydrogens is 293 g/mol. The quantitative estimate of drug-likeness (QED) is 0.948. The van der Waals surface area contributed by atoms with Gasteiger partial charge in [0.2, 0.25) is 5.60 Å². The van der Waals surface area contributed by atoms with E-state index in [0.717, 1.165) is 0 Å². The van der Waals surface area contributed by atoms with Crippen LogP contribution in [-0.4, -0.2) is 22.2 Å². The number of anilines is 1. The Morgan fingerprint density at radius 1 is 1.52 bits per heavy atom. The molecule has 7 heteroatoms. The third-order valence-corrected chi connectivity index (χ3v) is 3.84. The van der Waals surface area contributed by atoms with E-state index in [-0.39, 0.29) is 18.1 Å². The van der Waals surface area contributed by atoms with E-state index in [9.17, 15) is 9.18 Å². The van der Waals surface area contributed by atoms with Crippen LogP contribution in [-0.2, 0) is 9.63 Å². The number of rotatable bonds is 3. The molecule has 1 N–H and O–H groups in total. The largest absolute Gasteiger partial charge is 0.379 e. The normalized spacial score (nSPS) is 20.8. The highest BCUT2D eigenvalue weighted by atomic mass is 32.1. The summed E-state index contributed by atoms with van der Waals surface area (Å²) in [5, 5.41) is 8.88. The Balaban J connectivity index is 1.73. The van der Waals surface area contributed by atoms with E-state index >= 15 is 0 Å². The second-order valence-electron chi connectivity index (χ2n) is 4.84. The third kappa shape index (κ3) is 2.78. The SMILES string of the molecule is C[C@@]1(C(=O)Nc2nccs2)CC(c2cccc(F)c2)=NO1. The molecule has 1 aliphatic heterocycles. The van der Waals surface area contributed by atoms with Crippen molar-refractivity contribution in [2.24, 2.45) is 5.16 Å². The minimum absolute atomic E-state index is 0.271. The maximum atomic E-state index is 13.2. The molecule has 0 spiro atoms. The average Bonchev–Trinajstić information content (AvgIpc) is 3.09. The molecule has 0 bridgehead atoms. The van der Waals surface area contributed by atoms with Crippen molar-refractivity contribution >= 4 is 28.1 Å². The van der Waals surface area contributed by atoms with Crippen LogP contribution in [0.15, 0.2) is 41.0 Å². The van der Waals surface area contributed by atoms with Crippen molar-refractivity contribution < 1.29 is 14.0 Å². The standard InChI is InChI=1S/C14H12FN3O2S/c1-14(12(19)17-13-16-5-6-21-13)8-11(18-20-14)9-3-2-4-10(15)7-9/h2-7H,8H2,1H3,(H,16,17,19)/t14-/m0/s1. The maximum absolute atomic E-state index is 13.2. The van der Waals surface area contributed by atoms with Gasteiger partial charge in [0.25, 0.3) is 5.91 Å². The van der Waals surface area contributed by atoms with Gasteiger partial charge >= 0.3 is 0 Å². The Morgan fingerprint density at radius 2 is 2.38 bits per heavy atom.